The van der Waals surface area contributed by atoms with Gasteiger partial charge in [0, 0.05) is 54.0 Å². The summed E-state index contributed by atoms with van der Waals surface area (Å²) in [4.78, 5) is 18.8. The van der Waals surface area contributed by atoms with Crippen LogP contribution in [-0.2, 0) is 26.0 Å². The number of fused-ring (bicyclic) bond motifs is 3. The molecule has 0 unspecified atom stereocenters. The Hall–Kier alpha value is -4.12. The monoisotopic (exact) mass is 584 g/mol. The normalized spacial score (nSPS) is 18.2. The topological polar surface area (TPSA) is 104 Å². The van der Waals surface area contributed by atoms with Crippen LogP contribution in [0.4, 0.5) is 11.4 Å². The molecule has 1 saturated heterocycles. The maximum Gasteiger partial charge on any atom is 0.264 e. The molecule has 1 amide bonds. The van der Waals surface area contributed by atoms with Crippen LogP contribution in [0, 0.1) is 0 Å². The third-order valence-electron chi connectivity index (χ3n) is 8.12. The van der Waals surface area contributed by atoms with E-state index < -0.39 is 10.0 Å². The van der Waals surface area contributed by atoms with Gasteiger partial charge >= 0.3 is 0 Å². The van der Waals surface area contributed by atoms with Crippen molar-refractivity contribution >= 4 is 49.9 Å². The van der Waals surface area contributed by atoms with Crippen LogP contribution in [0.3, 0.4) is 0 Å². The number of aromatic nitrogens is 1. The van der Waals surface area contributed by atoms with Gasteiger partial charge in [0.1, 0.15) is 12.4 Å². The molecule has 3 aliphatic rings. The zero-order valence-electron chi connectivity index (χ0n) is 23.1. The fourth-order valence-electron chi connectivity index (χ4n) is 5.92. The van der Waals surface area contributed by atoms with Crippen molar-refractivity contribution in [1.82, 2.24) is 9.88 Å². The molecule has 3 aromatic carbocycles. The van der Waals surface area contributed by atoms with Crippen molar-refractivity contribution in [2.24, 2.45) is 0 Å². The smallest absolute Gasteiger partial charge is 0.264 e. The van der Waals surface area contributed by atoms with Crippen molar-refractivity contribution in [2.75, 3.05) is 55.6 Å². The molecular weight excluding hydrogens is 552 g/mol. The van der Waals surface area contributed by atoms with E-state index in [0.717, 1.165) is 79.3 Å². The third-order valence-corrected chi connectivity index (χ3v) is 9.93. The van der Waals surface area contributed by atoms with E-state index >= 15 is 0 Å². The Morgan fingerprint density at radius 3 is 2.71 bits per heavy atom. The highest BCUT2D eigenvalue weighted by molar-refractivity contribution is 7.92. The van der Waals surface area contributed by atoms with E-state index in [1.54, 1.807) is 24.3 Å². The van der Waals surface area contributed by atoms with Crippen LogP contribution in [0.25, 0.3) is 22.6 Å². The first-order chi connectivity index (χ1) is 20.5. The molecule has 4 aromatic rings. The van der Waals surface area contributed by atoms with E-state index in [9.17, 15) is 13.2 Å². The quantitative estimate of drug-likeness (QED) is 0.310. The molecule has 1 aromatic heterocycles. The molecule has 1 fully saturated rings. The fourth-order valence-corrected chi connectivity index (χ4v) is 7.49. The van der Waals surface area contributed by atoms with Gasteiger partial charge in [0.2, 0.25) is 0 Å². The first-order valence-electron chi connectivity index (χ1n) is 14.3. The molecule has 0 saturated carbocycles. The highest BCUT2D eigenvalue weighted by atomic mass is 32.2. The number of rotatable bonds is 7. The van der Waals surface area contributed by atoms with E-state index in [2.05, 4.69) is 15.2 Å². The van der Waals surface area contributed by atoms with Crippen molar-refractivity contribution in [1.29, 1.82) is 0 Å². The Kier molecular flexibility index (Phi) is 6.97. The number of hydrogen-bond donors (Lipinski definition) is 2. The van der Waals surface area contributed by atoms with Gasteiger partial charge in [0.25, 0.3) is 15.9 Å². The van der Waals surface area contributed by atoms with Gasteiger partial charge in [-0.25, -0.2) is 8.42 Å². The summed E-state index contributed by atoms with van der Waals surface area (Å²) in [6.07, 6.45) is 3.38. The van der Waals surface area contributed by atoms with Crippen LogP contribution in [0.1, 0.15) is 23.2 Å². The van der Waals surface area contributed by atoms with Gasteiger partial charge < -0.3 is 19.8 Å². The Bertz CT molecular complexity index is 1810. The molecule has 9 nitrogen and oxygen atoms in total. The number of carbonyl (C=O) groups is 1. The Morgan fingerprint density at radius 1 is 0.976 bits per heavy atom. The molecule has 10 heteroatoms. The van der Waals surface area contributed by atoms with Crippen LogP contribution < -0.4 is 14.4 Å². The number of sulfonamides is 1. The first-order valence-corrected chi connectivity index (χ1v) is 15.7. The molecule has 216 valence electrons. The SMILES string of the molecule is O=C1Nc2ccc(S(=O)(=O)N3CCCc4ccccc43)cc2/C1=C\c1cc2cc(OCCN3CCOCC3)ccc2[nH]1. The number of nitrogens with zero attached hydrogens (tertiary/aromatic N) is 2. The first kappa shape index (κ1) is 26.8. The lowest BCUT2D eigenvalue weighted by Gasteiger charge is -2.30. The maximum absolute atomic E-state index is 13.8. The summed E-state index contributed by atoms with van der Waals surface area (Å²) < 4.78 is 40.5. The second kappa shape index (κ2) is 10.9. The number of H-pyrrole nitrogens is 1. The molecular formula is C32H32N4O5S. The number of morpholine rings is 1. The number of para-hydroxylation sites is 1. The predicted octanol–water partition coefficient (Wildman–Crippen LogP) is 4.51. The zero-order chi connectivity index (χ0) is 28.7. The molecule has 0 atom stereocenters. The van der Waals surface area contributed by atoms with E-state index in [-0.39, 0.29) is 10.8 Å². The highest BCUT2D eigenvalue weighted by Gasteiger charge is 2.32. The van der Waals surface area contributed by atoms with Gasteiger partial charge in [0.15, 0.2) is 0 Å². The Labute approximate surface area is 244 Å². The largest absolute Gasteiger partial charge is 0.492 e. The summed E-state index contributed by atoms with van der Waals surface area (Å²) in [6.45, 7) is 5.24. The summed E-state index contributed by atoms with van der Waals surface area (Å²) in [7, 11) is -3.82. The molecule has 7 rings (SSSR count). The Balaban J connectivity index is 1.14. The average Bonchev–Trinajstić information content (AvgIpc) is 3.56. The number of benzene rings is 3. The summed E-state index contributed by atoms with van der Waals surface area (Å²) in [5.74, 6) is 0.515. The van der Waals surface area contributed by atoms with Gasteiger partial charge in [-0.05, 0) is 73.0 Å². The number of carbonyl (C=O) groups excluding carboxylic acids is 1. The summed E-state index contributed by atoms with van der Waals surface area (Å²) in [5.41, 5.74) is 4.98. The second-order valence-corrected chi connectivity index (χ2v) is 12.7. The van der Waals surface area contributed by atoms with Crippen molar-refractivity contribution < 1.29 is 22.7 Å². The molecule has 4 heterocycles. The maximum atomic E-state index is 13.8. The van der Waals surface area contributed by atoms with Crippen molar-refractivity contribution in [3.05, 3.63) is 83.6 Å². The lowest BCUT2D eigenvalue weighted by atomic mass is 10.0. The van der Waals surface area contributed by atoms with Crippen LogP contribution in [-0.4, -0.2) is 70.2 Å². The number of ether oxygens (including phenoxy) is 2. The Morgan fingerprint density at radius 2 is 1.83 bits per heavy atom. The van der Waals surface area contributed by atoms with Crippen LogP contribution >= 0.6 is 0 Å². The van der Waals surface area contributed by atoms with Gasteiger partial charge in [0.05, 0.1) is 29.4 Å². The summed E-state index contributed by atoms with van der Waals surface area (Å²) in [5, 5.41) is 3.84. The minimum Gasteiger partial charge on any atom is -0.492 e. The van der Waals surface area contributed by atoms with Crippen LogP contribution in [0.5, 0.6) is 5.75 Å². The lowest BCUT2D eigenvalue weighted by Crippen LogP contribution is -2.38. The molecule has 0 aliphatic carbocycles. The zero-order valence-corrected chi connectivity index (χ0v) is 24.0. The van der Waals surface area contributed by atoms with Gasteiger partial charge in [-0.2, -0.15) is 0 Å². The van der Waals surface area contributed by atoms with Gasteiger partial charge in [-0.15, -0.1) is 0 Å². The van der Waals surface area contributed by atoms with Crippen LogP contribution in [0.15, 0.2) is 71.6 Å². The molecule has 2 N–H and O–H groups in total. The molecule has 42 heavy (non-hydrogen) atoms. The summed E-state index contributed by atoms with van der Waals surface area (Å²) >= 11 is 0. The molecule has 0 radical (unpaired) electrons. The van der Waals surface area contributed by atoms with E-state index in [1.807, 2.05) is 48.5 Å². The van der Waals surface area contributed by atoms with E-state index in [4.69, 9.17) is 9.47 Å². The summed E-state index contributed by atoms with van der Waals surface area (Å²) in [6, 6.07) is 20.3. The van der Waals surface area contributed by atoms with Gasteiger partial charge in [-0.3, -0.25) is 14.0 Å². The number of hydrogen-bond acceptors (Lipinski definition) is 6. The number of aryl methyl sites for hydroxylation is 1. The van der Waals surface area contributed by atoms with Gasteiger partial charge in [-0.1, -0.05) is 18.2 Å². The van der Waals surface area contributed by atoms with Crippen LogP contribution in [0.2, 0.25) is 0 Å². The minimum atomic E-state index is -3.82. The number of nitrogens with one attached hydrogen (secondary N) is 2. The second-order valence-electron chi connectivity index (χ2n) is 10.8. The number of amides is 1. The molecule has 0 bridgehead atoms. The van der Waals surface area contributed by atoms with E-state index in [0.29, 0.717) is 30.0 Å². The number of anilines is 2. The highest BCUT2D eigenvalue weighted by Crippen LogP contribution is 2.38. The fraction of sp³-hybridized carbons (Fsp3) is 0.281. The predicted molar refractivity (Wildman–Crippen MR) is 163 cm³/mol. The minimum absolute atomic E-state index is 0.163. The number of aromatic amines is 1. The molecule has 3 aliphatic heterocycles. The lowest BCUT2D eigenvalue weighted by molar-refractivity contribution is -0.110. The average molecular weight is 585 g/mol. The standard InChI is InChI=1S/C32H32N4O5S/c37-32-28(20-24-18-23-19-25(7-9-29(23)33-24)41-17-14-35-12-15-40-16-13-35)27-21-26(8-10-30(27)34-32)42(38,39)36-11-3-5-22-4-1-2-6-31(22)36/h1-2,4,6-10,18-21,33H,3,5,11-17H2,(H,34,37)/b28-20+. The van der Waals surface area contributed by atoms with E-state index in [1.165, 1.54) is 4.31 Å². The van der Waals surface area contributed by atoms with Crippen molar-refractivity contribution in [3.8, 4) is 5.75 Å². The molecule has 0 spiro atoms. The third kappa shape index (κ3) is 5.06. The van der Waals surface area contributed by atoms with Crippen molar-refractivity contribution in [3.63, 3.8) is 0 Å². The van der Waals surface area contributed by atoms with Crippen molar-refractivity contribution in [2.45, 2.75) is 17.7 Å².